The van der Waals surface area contributed by atoms with Crippen LogP contribution >= 0.6 is 0 Å². The number of halogens is 2. The summed E-state index contributed by atoms with van der Waals surface area (Å²) in [4.78, 5) is 1.93. The highest BCUT2D eigenvalue weighted by atomic mass is 19.3. The van der Waals surface area contributed by atoms with Gasteiger partial charge in [0.15, 0.2) is 0 Å². The van der Waals surface area contributed by atoms with E-state index in [9.17, 15) is 8.78 Å². The molecular formula is C16H24F2N2. The van der Waals surface area contributed by atoms with Crippen LogP contribution in [0.1, 0.15) is 32.3 Å². The number of hydrogen-bond donors (Lipinski definition) is 1. The number of nitrogens with one attached hydrogen (secondary N) is 1. The Kier molecular flexibility index (Phi) is 5.11. The van der Waals surface area contributed by atoms with E-state index in [2.05, 4.69) is 12.2 Å². The van der Waals surface area contributed by atoms with Gasteiger partial charge >= 0.3 is 0 Å². The van der Waals surface area contributed by atoms with Crippen molar-refractivity contribution in [3.05, 3.63) is 35.9 Å². The summed E-state index contributed by atoms with van der Waals surface area (Å²) in [7, 11) is 0. The molecule has 0 bridgehead atoms. The summed E-state index contributed by atoms with van der Waals surface area (Å²) in [6.07, 6.45) is 1.89. The Morgan fingerprint density at radius 1 is 1.30 bits per heavy atom. The van der Waals surface area contributed by atoms with Crippen molar-refractivity contribution in [3.8, 4) is 0 Å². The van der Waals surface area contributed by atoms with Crippen LogP contribution < -0.4 is 5.32 Å². The van der Waals surface area contributed by atoms with Gasteiger partial charge in [-0.25, -0.2) is 0 Å². The van der Waals surface area contributed by atoms with Crippen LogP contribution in [0.5, 0.6) is 0 Å². The molecular weight excluding hydrogens is 258 g/mol. The fraction of sp³-hybridized carbons (Fsp3) is 0.625. The molecule has 1 aromatic rings. The molecule has 112 valence electrons. The molecule has 1 N–H and O–H groups in total. The zero-order chi connectivity index (χ0) is 14.6. The zero-order valence-corrected chi connectivity index (χ0v) is 12.3. The number of hydrogen-bond acceptors (Lipinski definition) is 2. The maximum Gasteiger partial charge on any atom is 0.285 e. The molecule has 2 rings (SSSR count). The minimum atomic E-state index is -2.79. The minimum Gasteiger partial charge on any atom is -0.313 e. The van der Waals surface area contributed by atoms with Crippen molar-refractivity contribution in [2.45, 2.75) is 44.7 Å². The van der Waals surface area contributed by atoms with Crippen molar-refractivity contribution in [2.24, 2.45) is 0 Å². The van der Waals surface area contributed by atoms with Crippen molar-refractivity contribution in [3.63, 3.8) is 0 Å². The first-order valence-electron chi connectivity index (χ1n) is 7.43. The molecule has 0 radical (unpaired) electrons. The smallest absolute Gasteiger partial charge is 0.285 e. The fourth-order valence-corrected chi connectivity index (χ4v) is 2.73. The van der Waals surface area contributed by atoms with Gasteiger partial charge in [0.05, 0.1) is 6.54 Å². The number of alkyl halides is 2. The summed E-state index contributed by atoms with van der Waals surface area (Å²) in [6.45, 7) is 5.55. The quantitative estimate of drug-likeness (QED) is 0.912. The van der Waals surface area contributed by atoms with Crippen molar-refractivity contribution in [2.75, 3.05) is 19.6 Å². The van der Waals surface area contributed by atoms with E-state index >= 15 is 0 Å². The molecule has 2 nitrogen and oxygen atoms in total. The topological polar surface area (TPSA) is 15.3 Å². The fourth-order valence-electron chi connectivity index (χ4n) is 2.73. The van der Waals surface area contributed by atoms with Crippen molar-refractivity contribution in [1.29, 1.82) is 0 Å². The molecule has 1 aromatic carbocycles. The first-order valence-corrected chi connectivity index (χ1v) is 7.43. The predicted octanol–water partition coefficient (Wildman–Crippen LogP) is 3.24. The highest BCUT2D eigenvalue weighted by Crippen LogP contribution is 2.30. The third-order valence-corrected chi connectivity index (χ3v) is 4.16. The normalized spacial score (nSPS) is 25.4. The summed E-state index contributed by atoms with van der Waals surface area (Å²) < 4.78 is 28.8. The maximum atomic E-state index is 14.4. The van der Waals surface area contributed by atoms with E-state index in [4.69, 9.17) is 0 Å². The second-order valence-electron chi connectivity index (χ2n) is 5.70. The standard InChI is InChI=1S/C16H24F2N2/c1-3-15-11-20(13(2)9-10-19-15)12-16(17,18)14-7-5-4-6-8-14/h4-8,13,15,19H,3,9-12H2,1-2H3. The molecule has 0 aliphatic carbocycles. The van der Waals surface area contributed by atoms with Gasteiger partial charge in [-0.05, 0) is 26.3 Å². The predicted molar refractivity (Wildman–Crippen MR) is 78.1 cm³/mol. The van der Waals surface area contributed by atoms with Crippen LogP contribution in [0.15, 0.2) is 30.3 Å². The number of rotatable bonds is 4. The Labute approximate surface area is 120 Å². The van der Waals surface area contributed by atoms with Crippen LogP contribution in [0.2, 0.25) is 0 Å². The number of nitrogens with zero attached hydrogens (tertiary/aromatic N) is 1. The van der Waals surface area contributed by atoms with E-state index in [0.29, 0.717) is 12.6 Å². The second-order valence-corrected chi connectivity index (χ2v) is 5.70. The SMILES string of the molecule is CCC1CN(CC(F)(F)c2ccccc2)C(C)CCN1. The molecule has 20 heavy (non-hydrogen) atoms. The first kappa shape index (κ1) is 15.4. The Hall–Kier alpha value is -1.00. The summed E-state index contributed by atoms with van der Waals surface area (Å²) in [5.74, 6) is -2.79. The van der Waals surface area contributed by atoms with Gasteiger partial charge in [-0.2, -0.15) is 8.78 Å². The van der Waals surface area contributed by atoms with E-state index in [1.807, 2.05) is 11.8 Å². The van der Waals surface area contributed by atoms with E-state index in [1.54, 1.807) is 18.2 Å². The molecule has 1 heterocycles. The van der Waals surface area contributed by atoms with Crippen LogP contribution in [0.25, 0.3) is 0 Å². The van der Waals surface area contributed by atoms with Crippen LogP contribution in [0, 0.1) is 0 Å². The maximum absolute atomic E-state index is 14.4. The molecule has 1 aliphatic rings. The summed E-state index contributed by atoms with van der Waals surface area (Å²) >= 11 is 0. The van der Waals surface area contributed by atoms with Crippen LogP contribution in [-0.2, 0) is 5.92 Å². The molecule has 1 saturated heterocycles. The Bertz CT molecular complexity index is 408. The average molecular weight is 282 g/mol. The molecule has 0 aromatic heterocycles. The van der Waals surface area contributed by atoms with Gasteiger partial charge in [0.1, 0.15) is 0 Å². The molecule has 1 aliphatic heterocycles. The lowest BCUT2D eigenvalue weighted by atomic mass is 10.1. The number of benzene rings is 1. The van der Waals surface area contributed by atoms with Gasteiger partial charge in [-0.3, -0.25) is 4.90 Å². The first-order chi connectivity index (χ1) is 9.53. The third kappa shape index (κ3) is 3.76. The monoisotopic (exact) mass is 282 g/mol. The van der Waals surface area contributed by atoms with E-state index in [-0.39, 0.29) is 18.2 Å². The van der Waals surface area contributed by atoms with Crippen molar-refractivity contribution in [1.82, 2.24) is 10.2 Å². The molecule has 2 unspecified atom stereocenters. The highest BCUT2D eigenvalue weighted by Gasteiger charge is 2.36. The van der Waals surface area contributed by atoms with Gasteiger partial charge in [0.2, 0.25) is 0 Å². The van der Waals surface area contributed by atoms with E-state index in [0.717, 1.165) is 19.4 Å². The lowest BCUT2D eigenvalue weighted by Gasteiger charge is -2.32. The largest absolute Gasteiger partial charge is 0.313 e. The highest BCUT2D eigenvalue weighted by molar-refractivity contribution is 5.20. The van der Waals surface area contributed by atoms with Crippen molar-refractivity contribution >= 4 is 0 Å². The molecule has 2 atom stereocenters. The molecule has 0 amide bonds. The molecule has 0 saturated carbocycles. The summed E-state index contributed by atoms with van der Waals surface area (Å²) in [5, 5.41) is 3.43. The Morgan fingerprint density at radius 3 is 2.65 bits per heavy atom. The van der Waals surface area contributed by atoms with Gasteiger partial charge in [-0.15, -0.1) is 0 Å². The van der Waals surface area contributed by atoms with Gasteiger partial charge in [0.25, 0.3) is 5.92 Å². The van der Waals surface area contributed by atoms with Gasteiger partial charge in [-0.1, -0.05) is 37.3 Å². The molecule has 0 spiro atoms. The van der Waals surface area contributed by atoms with Gasteiger partial charge in [0, 0.05) is 24.2 Å². The van der Waals surface area contributed by atoms with Crippen LogP contribution in [-0.4, -0.2) is 36.6 Å². The molecule has 4 heteroatoms. The average Bonchev–Trinajstić information content (AvgIpc) is 2.62. The van der Waals surface area contributed by atoms with Crippen molar-refractivity contribution < 1.29 is 8.78 Å². The molecule has 1 fully saturated rings. The van der Waals surface area contributed by atoms with E-state index < -0.39 is 5.92 Å². The summed E-state index contributed by atoms with van der Waals surface area (Å²) in [6, 6.07) is 8.64. The lowest BCUT2D eigenvalue weighted by molar-refractivity contribution is -0.0468. The van der Waals surface area contributed by atoms with E-state index in [1.165, 1.54) is 12.1 Å². The Morgan fingerprint density at radius 2 is 2.00 bits per heavy atom. The van der Waals surface area contributed by atoms with Gasteiger partial charge < -0.3 is 5.32 Å². The van der Waals surface area contributed by atoms with Crippen LogP contribution in [0.4, 0.5) is 8.78 Å². The lowest BCUT2D eigenvalue weighted by Crippen LogP contribution is -2.44. The third-order valence-electron chi connectivity index (χ3n) is 4.16. The zero-order valence-electron chi connectivity index (χ0n) is 12.3. The van der Waals surface area contributed by atoms with Crippen LogP contribution in [0.3, 0.4) is 0 Å². The second kappa shape index (κ2) is 6.64. The summed E-state index contributed by atoms with van der Waals surface area (Å²) in [5.41, 5.74) is 0.109. The minimum absolute atomic E-state index is 0.109. The Balaban J connectivity index is 2.09.